The van der Waals surface area contributed by atoms with Crippen LogP contribution < -0.4 is 11.2 Å². The summed E-state index contributed by atoms with van der Waals surface area (Å²) in [6.07, 6.45) is 9.57. The lowest BCUT2D eigenvalue weighted by atomic mass is 9.67. The molecule has 0 unspecified atom stereocenters. The van der Waals surface area contributed by atoms with Crippen LogP contribution in [0, 0.1) is 0 Å². The lowest BCUT2D eigenvalue weighted by molar-refractivity contribution is 0.350. The van der Waals surface area contributed by atoms with E-state index >= 15 is 0 Å². The van der Waals surface area contributed by atoms with Crippen LogP contribution in [0.5, 0.6) is 0 Å². The third kappa shape index (κ3) is 3.17. The lowest BCUT2D eigenvalue weighted by Gasteiger charge is -2.26. The van der Waals surface area contributed by atoms with Gasteiger partial charge in [0.1, 0.15) is 0 Å². The fraction of sp³-hybridized carbons (Fsp3) is 0.214. The van der Waals surface area contributed by atoms with Gasteiger partial charge in [0.25, 0.3) is 0 Å². The molecule has 0 aromatic heterocycles. The summed E-state index contributed by atoms with van der Waals surface area (Å²) in [5, 5.41) is 0. The predicted octanol–water partition coefficient (Wildman–Crippen LogP) is 1.13. The minimum absolute atomic E-state index is 0.00690. The maximum Gasteiger partial charge on any atom is 0.0743 e. The van der Waals surface area contributed by atoms with Gasteiger partial charge in [0.15, 0.2) is 0 Å². The van der Waals surface area contributed by atoms with Crippen molar-refractivity contribution in [1.29, 1.82) is 0 Å². The summed E-state index contributed by atoms with van der Waals surface area (Å²) in [6.45, 7) is 1.11. The lowest BCUT2D eigenvalue weighted by Crippen LogP contribution is -2.33. The molecule has 1 aliphatic carbocycles. The predicted molar refractivity (Wildman–Crippen MR) is 74.7 cm³/mol. The van der Waals surface area contributed by atoms with E-state index < -0.39 is 0 Å². The second kappa shape index (κ2) is 6.21. The van der Waals surface area contributed by atoms with Crippen LogP contribution in [0.1, 0.15) is 6.42 Å². The Hall–Kier alpha value is -1.61. The van der Waals surface area contributed by atoms with E-state index in [1.54, 1.807) is 0 Å². The van der Waals surface area contributed by atoms with Gasteiger partial charge in [0.2, 0.25) is 0 Å². The van der Waals surface area contributed by atoms with Crippen LogP contribution >= 0.6 is 0 Å². The Morgan fingerprint density at radius 3 is 2.47 bits per heavy atom. The first-order chi connectivity index (χ1) is 8.42. The summed E-state index contributed by atoms with van der Waals surface area (Å²) < 4.78 is 5.85. The van der Waals surface area contributed by atoms with Crippen molar-refractivity contribution in [2.24, 2.45) is 5.73 Å². The molecule has 3 heteroatoms. The molecular weight excluding hydrogens is 209 g/mol. The molecule has 0 fully saturated rings. The van der Waals surface area contributed by atoms with Gasteiger partial charge in [-0.1, -0.05) is 54.6 Å². The molecule has 0 amide bonds. The van der Waals surface area contributed by atoms with Crippen molar-refractivity contribution in [3.63, 3.8) is 0 Å². The maximum absolute atomic E-state index is 5.85. The van der Waals surface area contributed by atoms with Gasteiger partial charge in [-0.2, -0.15) is 10.9 Å². The second-order valence-corrected chi connectivity index (χ2v) is 3.99. The average molecular weight is 226 g/mol. The van der Waals surface area contributed by atoms with Crippen LogP contribution in [-0.4, -0.2) is 25.2 Å². The summed E-state index contributed by atoms with van der Waals surface area (Å²) >= 11 is 0. The van der Waals surface area contributed by atoms with Crippen LogP contribution in [0.3, 0.4) is 0 Å². The fourth-order valence-electron chi connectivity index (χ4n) is 1.92. The van der Waals surface area contributed by atoms with E-state index in [1.807, 2.05) is 18.2 Å². The molecule has 0 spiro atoms. The van der Waals surface area contributed by atoms with Crippen LogP contribution in [-0.2, 0) is 4.65 Å². The molecule has 0 heterocycles. The molecular formula is C14H17BNO-. The van der Waals surface area contributed by atoms with Crippen molar-refractivity contribution in [3.8, 4) is 0 Å². The van der Waals surface area contributed by atoms with Crippen molar-refractivity contribution in [2.45, 2.75) is 6.42 Å². The van der Waals surface area contributed by atoms with E-state index in [9.17, 15) is 0 Å². The largest absolute Gasteiger partial charge is 0.747 e. The van der Waals surface area contributed by atoms with Gasteiger partial charge in [0.05, 0.1) is 6.56 Å². The third-order valence-corrected chi connectivity index (χ3v) is 2.70. The minimum Gasteiger partial charge on any atom is -0.747 e. The summed E-state index contributed by atoms with van der Waals surface area (Å²) in [5.74, 6) is 0. The van der Waals surface area contributed by atoms with Gasteiger partial charge in [-0.05, 0) is 6.42 Å². The van der Waals surface area contributed by atoms with Crippen LogP contribution in [0.4, 0.5) is 0 Å². The summed E-state index contributed by atoms with van der Waals surface area (Å²) in [5.41, 5.74) is 7.88. The highest BCUT2D eigenvalue weighted by atomic mass is 16.4. The minimum atomic E-state index is -0.00690. The summed E-state index contributed by atoms with van der Waals surface area (Å²) in [4.78, 5) is 0. The Labute approximate surface area is 103 Å². The number of benzene rings is 1. The smallest absolute Gasteiger partial charge is 0.0743 e. The van der Waals surface area contributed by atoms with Crippen molar-refractivity contribution in [1.82, 2.24) is 0 Å². The monoisotopic (exact) mass is 226 g/mol. The molecule has 1 aliphatic rings. The molecule has 0 bridgehead atoms. The van der Waals surface area contributed by atoms with Gasteiger partial charge in [-0.25, -0.2) is 0 Å². The molecule has 0 saturated carbocycles. The molecule has 0 aliphatic heterocycles. The number of rotatable bonds is 4. The van der Waals surface area contributed by atoms with Gasteiger partial charge in [-0.15, -0.1) is 0 Å². The Morgan fingerprint density at radius 1 is 1.12 bits per heavy atom. The molecule has 88 valence electrons. The maximum atomic E-state index is 5.85. The zero-order chi connectivity index (χ0) is 11.9. The number of hydrogen-bond acceptors (Lipinski definition) is 2. The van der Waals surface area contributed by atoms with E-state index in [0.717, 1.165) is 6.42 Å². The molecule has 1 aromatic rings. The van der Waals surface area contributed by atoms with Gasteiger partial charge in [-0.3, -0.25) is 0 Å². The standard InChI is InChI=1S/C14H17BNO/c16-11-12-17-15(13-7-3-1-4-8-13)14-9-5-2-6-10-14/h1,3-10H,2,11-12,16H2/q-1. The summed E-state index contributed by atoms with van der Waals surface area (Å²) in [7, 11) is 0. The van der Waals surface area contributed by atoms with Crippen molar-refractivity contribution >= 4 is 17.5 Å². The average Bonchev–Trinajstić information content (AvgIpc) is 2.42. The molecule has 1 aromatic carbocycles. The van der Waals surface area contributed by atoms with E-state index in [4.69, 9.17) is 10.4 Å². The van der Waals surface area contributed by atoms with E-state index in [-0.39, 0.29) is 6.56 Å². The Bertz CT molecular complexity index is 435. The zero-order valence-corrected chi connectivity index (χ0v) is 9.88. The molecule has 2 nitrogen and oxygen atoms in total. The van der Waals surface area contributed by atoms with Gasteiger partial charge < -0.3 is 10.4 Å². The SMILES string of the molecule is NCCO[B-](=C1C=CCC=C1)c1ccccc1. The quantitative estimate of drug-likeness (QED) is 0.781. The van der Waals surface area contributed by atoms with Crippen LogP contribution in [0.2, 0.25) is 0 Å². The Kier molecular flexibility index (Phi) is 4.33. The molecule has 2 rings (SSSR count). The molecule has 2 N–H and O–H groups in total. The fourth-order valence-corrected chi connectivity index (χ4v) is 1.92. The van der Waals surface area contributed by atoms with Crippen molar-refractivity contribution in [2.75, 3.05) is 13.2 Å². The van der Waals surface area contributed by atoms with Crippen LogP contribution in [0.15, 0.2) is 54.6 Å². The first kappa shape index (κ1) is 11.9. The molecule has 17 heavy (non-hydrogen) atoms. The van der Waals surface area contributed by atoms with Crippen molar-refractivity contribution < 1.29 is 4.65 Å². The highest BCUT2D eigenvalue weighted by molar-refractivity contribution is 6.80. The Morgan fingerprint density at radius 2 is 1.82 bits per heavy atom. The molecule has 0 radical (unpaired) electrons. The first-order valence-electron chi connectivity index (χ1n) is 5.98. The van der Waals surface area contributed by atoms with E-state index in [0.29, 0.717) is 13.2 Å². The molecule has 0 saturated heterocycles. The van der Waals surface area contributed by atoms with E-state index in [1.165, 1.54) is 10.9 Å². The van der Waals surface area contributed by atoms with Crippen LogP contribution in [0.25, 0.3) is 0 Å². The van der Waals surface area contributed by atoms with Gasteiger partial charge in [0, 0.05) is 13.2 Å². The number of allylic oxidation sites excluding steroid dienone is 4. The Balaban J connectivity index is 2.34. The van der Waals surface area contributed by atoms with Gasteiger partial charge >= 0.3 is 0 Å². The topological polar surface area (TPSA) is 35.2 Å². The third-order valence-electron chi connectivity index (χ3n) is 2.70. The first-order valence-corrected chi connectivity index (χ1v) is 5.98. The zero-order valence-electron chi connectivity index (χ0n) is 9.88. The normalized spacial score (nSPS) is 13.8. The second-order valence-electron chi connectivity index (χ2n) is 3.99. The highest BCUT2D eigenvalue weighted by Gasteiger charge is 1.97. The molecule has 0 atom stereocenters. The van der Waals surface area contributed by atoms with Crippen molar-refractivity contribution in [3.05, 3.63) is 54.6 Å². The number of hydrogen-bond donors (Lipinski definition) is 1. The summed E-state index contributed by atoms with van der Waals surface area (Å²) in [6, 6.07) is 10.3. The number of nitrogens with two attached hydrogens (primary N) is 1. The highest BCUT2D eigenvalue weighted by Crippen LogP contribution is 1.99. The van der Waals surface area contributed by atoms with E-state index in [2.05, 4.69) is 36.4 Å².